The summed E-state index contributed by atoms with van der Waals surface area (Å²) in [5.74, 6) is -2.64. The predicted molar refractivity (Wildman–Crippen MR) is 78.2 cm³/mol. The van der Waals surface area contributed by atoms with Gasteiger partial charge < -0.3 is 5.32 Å². The summed E-state index contributed by atoms with van der Waals surface area (Å²) in [5, 5.41) is 10.8. The first-order chi connectivity index (χ1) is 9.92. The van der Waals surface area contributed by atoms with Crippen LogP contribution in [0.4, 0.5) is 14.5 Å². The van der Waals surface area contributed by atoms with E-state index in [4.69, 9.17) is 16.9 Å². The van der Waals surface area contributed by atoms with Crippen molar-refractivity contribution in [3.63, 3.8) is 0 Å². The zero-order valence-electron chi connectivity index (χ0n) is 10.3. The molecule has 0 aliphatic rings. The third-order valence-corrected chi connectivity index (χ3v) is 3.55. The van der Waals surface area contributed by atoms with Crippen molar-refractivity contribution in [2.45, 2.75) is 0 Å². The van der Waals surface area contributed by atoms with Gasteiger partial charge in [0.05, 0.1) is 27.9 Å². The molecule has 0 bridgehead atoms. The Kier molecular flexibility index (Phi) is 4.56. The fourth-order valence-electron chi connectivity index (χ4n) is 1.57. The molecular formula is C14H6BrClF2N2O. The van der Waals surface area contributed by atoms with Crippen molar-refractivity contribution in [3.8, 4) is 6.07 Å². The normalized spacial score (nSPS) is 10.0. The van der Waals surface area contributed by atoms with Crippen LogP contribution in [-0.2, 0) is 0 Å². The summed E-state index contributed by atoms with van der Waals surface area (Å²) in [6.45, 7) is 0. The van der Waals surface area contributed by atoms with Gasteiger partial charge in [-0.05, 0) is 46.3 Å². The molecule has 3 nitrogen and oxygen atoms in total. The van der Waals surface area contributed by atoms with Gasteiger partial charge in [0, 0.05) is 4.47 Å². The Labute approximate surface area is 132 Å². The number of nitrogens with zero attached hydrogens (tertiary/aromatic N) is 1. The fraction of sp³-hybridized carbons (Fsp3) is 0. The molecule has 0 heterocycles. The number of nitrogens with one attached hydrogen (secondary N) is 1. The van der Waals surface area contributed by atoms with Gasteiger partial charge in [0.15, 0.2) is 0 Å². The van der Waals surface area contributed by atoms with E-state index in [0.29, 0.717) is 15.7 Å². The predicted octanol–water partition coefficient (Wildman–Crippen LogP) is 4.50. The van der Waals surface area contributed by atoms with Crippen LogP contribution in [0.25, 0.3) is 0 Å². The molecular weight excluding hydrogens is 366 g/mol. The average molecular weight is 372 g/mol. The van der Waals surface area contributed by atoms with Crippen LogP contribution < -0.4 is 5.32 Å². The number of carbonyl (C=O) groups excluding carboxylic acids is 1. The summed E-state index contributed by atoms with van der Waals surface area (Å²) in [6.07, 6.45) is 0. The lowest BCUT2D eigenvalue weighted by atomic mass is 10.1. The second-order valence-corrected chi connectivity index (χ2v) is 5.27. The highest BCUT2D eigenvalue weighted by atomic mass is 79.9. The second-order valence-electron chi connectivity index (χ2n) is 4.01. The Morgan fingerprint density at radius 2 is 1.95 bits per heavy atom. The van der Waals surface area contributed by atoms with Crippen LogP contribution in [0.2, 0.25) is 5.02 Å². The first-order valence-electron chi connectivity index (χ1n) is 5.58. The van der Waals surface area contributed by atoms with E-state index < -0.39 is 28.1 Å². The van der Waals surface area contributed by atoms with E-state index in [0.717, 1.165) is 12.1 Å². The van der Waals surface area contributed by atoms with E-state index in [1.807, 2.05) is 6.07 Å². The largest absolute Gasteiger partial charge is 0.321 e. The zero-order valence-corrected chi connectivity index (χ0v) is 12.6. The van der Waals surface area contributed by atoms with Crippen molar-refractivity contribution in [1.82, 2.24) is 0 Å². The molecule has 1 amide bonds. The van der Waals surface area contributed by atoms with Gasteiger partial charge in [-0.3, -0.25) is 4.79 Å². The Balaban J connectivity index is 2.31. The maximum absolute atomic E-state index is 13.6. The molecule has 1 N–H and O–H groups in total. The highest BCUT2D eigenvalue weighted by molar-refractivity contribution is 9.10. The maximum atomic E-state index is 13.6. The molecule has 0 unspecified atom stereocenters. The number of amides is 1. The van der Waals surface area contributed by atoms with Crippen LogP contribution >= 0.6 is 27.5 Å². The van der Waals surface area contributed by atoms with Crippen LogP contribution in [0.1, 0.15) is 15.9 Å². The molecule has 0 fully saturated rings. The van der Waals surface area contributed by atoms with Gasteiger partial charge in [-0.25, -0.2) is 8.78 Å². The van der Waals surface area contributed by atoms with E-state index in [1.54, 1.807) is 0 Å². The lowest BCUT2D eigenvalue weighted by Crippen LogP contribution is -2.14. The van der Waals surface area contributed by atoms with E-state index in [1.165, 1.54) is 18.2 Å². The maximum Gasteiger partial charge on any atom is 0.258 e. The van der Waals surface area contributed by atoms with Crippen molar-refractivity contribution in [2.75, 3.05) is 5.32 Å². The molecule has 21 heavy (non-hydrogen) atoms. The Morgan fingerprint density at radius 3 is 2.57 bits per heavy atom. The topological polar surface area (TPSA) is 52.9 Å². The summed E-state index contributed by atoms with van der Waals surface area (Å²) >= 11 is 8.60. The molecule has 106 valence electrons. The first-order valence-corrected chi connectivity index (χ1v) is 6.75. The highest BCUT2D eigenvalue weighted by Gasteiger charge is 2.16. The molecule has 2 aromatic rings. The minimum absolute atomic E-state index is 0.328. The number of carbonyl (C=O) groups is 1. The van der Waals surface area contributed by atoms with Gasteiger partial charge in [-0.2, -0.15) is 5.26 Å². The molecule has 7 heteroatoms. The van der Waals surface area contributed by atoms with E-state index in [9.17, 15) is 13.6 Å². The fourth-order valence-corrected chi connectivity index (χ4v) is 2.20. The Bertz CT molecular complexity index is 774. The third-order valence-electron chi connectivity index (χ3n) is 2.60. The molecule has 0 radical (unpaired) electrons. The molecule has 0 atom stereocenters. The van der Waals surface area contributed by atoms with Crippen molar-refractivity contribution in [2.24, 2.45) is 0 Å². The molecule has 2 aromatic carbocycles. The van der Waals surface area contributed by atoms with Gasteiger partial charge in [-0.1, -0.05) is 11.6 Å². The second kappa shape index (κ2) is 6.20. The van der Waals surface area contributed by atoms with Crippen molar-refractivity contribution < 1.29 is 13.6 Å². The Morgan fingerprint density at radius 1 is 1.24 bits per heavy atom. The van der Waals surface area contributed by atoms with Gasteiger partial charge in [0.2, 0.25) is 0 Å². The minimum Gasteiger partial charge on any atom is -0.321 e. The van der Waals surface area contributed by atoms with E-state index >= 15 is 0 Å². The zero-order chi connectivity index (χ0) is 15.6. The Hall–Kier alpha value is -1.97. The van der Waals surface area contributed by atoms with E-state index in [-0.39, 0.29) is 0 Å². The highest BCUT2D eigenvalue weighted by Crippen LogP contribution is 2.25. The van der Waals surface area contributed by atoms with Crippen molar-refractivity contribution >= 4 is 39.1 Å². The monoisotopic (exact) mass is 370 g/mol. The van der Waals surface area contributed by atoms with Crippen molar-refractivity contribution in [1.29, 1.82) is 5.26 Å². The van der Waals surface area contributed by atoms with E-state index in [2.05, 4.69) is 21.2 Å². The summed E-state index contributed by atoms with van der Waals surface area (Å²) < 4.78 is 27.4. The lowest BCUT2D eigenvalue weighted by molar-refractivity contribution is 0.102. The molecule has 0 saturated heterocycles. The van der Waals surface area contributed by atoms with Crippen LogP contribution in [0.5, 0.6) is 0 Å². The van der Waals surface area contributed by atoms with Gasteiger partial charge in [-0.15, -0.1) is 0 Å². The summed E-state index contributed by atoms with van der Waals surface area (Å²) in [7, 11) is 0. The SMILES string of the molecule is N#Cc1ccc(NC(=O)c2cc(F)c(Cl)cc2F)c(Br)c1. The summed E-state index contributed by atoms with van der Waals surface area (Å²) in [4.78, 5) is 12.0. The number of halogens is 4. The number of rotatable bonds is 2. The third kappa shape index (κ3) is 3.38. The summed E-state index contributed by atoms with van der Waals surface area (Å²) in [6, 6.07) is 7.85. The average Bonchev–Trinajstić information content (AvgIpc) is 2.44. The van der Waals surface area contributed by atoms with Crippen LogP contribution in [0.3, 0.4) is 0 Å². The van der Waals surface area contributed by atoms with Crippen LogP contribution in [0, 0.1) is 23.0 Å². The first kappa shape index (κ1) is 15.4. The molecule has 0 spiro atoms. The summed E-state index contributed by atoms with van der Waals surface area (Å²) in [5.41, 5.74) is 0.255. The number of benzene rings is 2. The van der Waals surface area contributed by atoms with Gasteiger partial charge in [0.25, 0.3) is 5.91 Å². The van der Waals surface area contributed by atoms with Crippen molar-refractivity contribution in [3.05, 3.63) is 62.6 Å². The number of hydrogen-bond acceptors (Lipinski definition) is 2. The smallest absolute Gasteiger partial charge is 0.258 e. The number of nitriles is 1. The number of anilines is 1. The number of hydrogen-bond donors (Lipinski definition) is 1. The molecule has 0 saturated carbocycles. The molecule has 0 aliphatic carbocycles. The quantitative estimate of drug-likeness (QED) is 0.790. The minimum atomic E-state index is -0.927. The standard InChI is InChI=1S/C14H6BrClF2N2O/c15-9-3-7(6-19)1-2-13(9)20-14(21)8-4-12(18)10(16)5-11(8)17/h1-5H,(H,20,21). The van der Waals surface area contributed by atoms with Crippen LogP contribution in [0.15, 0.2) is 34.8 Å². The van der Waals surface area contributed by atoms with Crippen LogP contribution in [-0.4, -0.2) is 5.91 Å². The molecule has 2 rings (SSSR count). The van der Waals surface area contributed by atoms with Gasteiger partial charge >= 0.3 is 0 Å². The molecule has 0 aliphatic heterocycles. The lowest BCUT2D eigenvalue weighted by Gasteiger charge is -2.09. The molecule has 0 aromatic heterocycles. The van der Waals surface area contributed by atoms with Gasteiger partial charge in [0.1, 0.15) is 11.6 Å².